The minimum atomic E-state index is -1.02. The summed E-state index contributed by atoms with van der Waals surface area (Å²) in [5.41, 5.74) is 7.07. The van der Waals surface area contributed by atoms with Crippen LogP contribution in [0.5, 0.6) is 5.75 Å². The molecule has 17 heavy (non-hydrogen) atoms. The third-order valence-corrected chi connectivity index (χ3v) is 2.51. The van der Waals surface area contributed by atoms with Crippen LogP contribution in [0.2, 0.25) is 0 Å². The molecule has 92 valence electrons. The molecule has 1 heterocycles. The van der Waals surface area contributed by atoms with Crippen molar-refractivity contribution in [2.75, 3.05) is 0 Å². The highest BCUT2D eigenvalue weighted by atomic mass is 35.5. The Kier molecular flexibility index (Phi) is 3.98. The van der Waals surface area contributed by atoms with Crippen molar-refractivity contribution in [1.29, 1.82) is 0 Å². The van der Waals surface area contributed by atoms with Crippen molar-refractivity contribution in [1.82, 2.24) is 4.98 Å². The lowest BCUT2D eigenvalue weighted by Crippen LogP contribution is -2.32. The van der Waals surface area contributed by atoms with Crippen LogP contribution < -0.4 is 5.73 Å². The molecule has 0 aliphatic carbocycles. The molecule has 0 bridgehead atoms. The Bertz CT molecular complexity index is 538. The molecular formula is C11H13ClN2O3. The summed E-state index contributed by atoms with van der Waals surface area (Å²) < 4.78 is 0. The summed E-state index contributed by atoms with van der Waals surface area (Å²) in [6.07, 6.45) is 1.98. The Labute approximate surface area is 104 Å². The number of hydrogen-bond donors (Lipinski definition) is 4. The van der Waals surface area contributed by atoms with Crippen LogP contribution in [0, 0.1) is 0 Å². The number of aromatic amines is 1. The standard InChI is InChI=1S/C11H12N2O3.ClH/c12-9(11(15)16)3-6-5-13-10-4-7(14)1-2-8(6)10;/h1-2,4-5,9,13-14H,3,12H2,(H,15,16);1H/t9-;/m0./s1. The van der Waals surface area contributed by atoms with Crippen LogP contribution >= 0.6 is 12.4 Å². The van der Waals surface area contributed by atoms with Gasteiger partial charge in [0.15, 0.2) is 0 Å². The van der Waals surface area contributed by atoms with Crippen LogP contribution in [0.4, 0.5) is 0 Å². The summed E-state index contributed by atoms with van der Waals surface area (Å²) >= 11 is 0. The molecule has 1 atom stereocenters. The fourth-order valence-corrected chi connectivity index (χ4v) is 1.67. The van der Waals surface area contributed by atoms with Crippen LogP contribution in [-0.2, 0) is 11.2 Å². The van der Waals surface area contributed by atoms with Gasteiger partial charge in [0.1, 0.15) is 11.8 Å². The molecule has 0 unspecified atom stereocenters. The third-order valence-electron chi connectivity index (χ3n) is 2.51. The van der Waals surface area contributed by atoms with Gasteiger partial charge in [-0.1, -0.05) is 0 Å². The van der Waals surface area contributed by atoms with E-state index < -0.39 is 12.0 Å². The first-order valence-corrected chi connectivity index (χ1v) is 4.85. The average Bonchev–Trinajstić information content (AvgIpc) is 2.60. The second kappa shape index (κ2) is 5.07. The fourth-order valence-electron chi connectivity index (χ4n) is 1.67. The quantitative estimate of drug-likeness (QED) is 0.664. The van der Waals surface area contributed by atoms with Gasteiger partial charge in [-0.05, 0) is 17.7 Å². The smallest absolute Gasteiger partial charge is 0.320 e. The van der Waals surface area contributed by atoms with Gasteiger partial charge < -0.3 is 20.9 Å². The number of benzene rings is 1. The van der Waals surface area contributed by atoms with E-state index in [4.69, 9.17) is 10.8 Å². The molecule has 0 aliphatic heterocycles. The zero-order chi connectivity index (χ0) is 11.7. The predicted molar refractivity (Wildman–Crippen MR) is 66.5 cm³/mol. The number of carboxylic acids is 1. The zero-order valence-corrected chi connectivity index (χ0v) is 9.70. The van der Waals surface area contributed by atoms with E-state index in [1.807, 2.05) is 0 Å². The molecule has 0 radical (unpaired) electrons. The second-order valence-corrected chi connectivity index (χ2v) is 3.69. The van der Waals surface area contributed by atoms with Gasteiger partial charge >= 0.3 is 5.97 Å². The molecule has 0 saturated heterocycles. The van der Waals surface area contributed by atoms with E-state index in [1.165, 1.54) is 0 Å². The number of rotatable bonds is 3. The van der Waals surface area contributed by atoms with E-state index in [9.17, 15) is 9.90 Å². The molecule has 0 spiro atoms. The van der Waals surface area contributed by atoms with Gasteiger partial charge in [-0.15, -0.1) is 12.4 Å². The molecular weight excluding hydrogens is 244 g/mol. The first kappa shape index (κ1) is 13.3. The number of aliphatic carboxylic acids is 1. The predicted octanol–water partition coefficient (Wildman–Crippen LogP) is 1.25. The number of fused-ring (bicyclic) bond motifs is 1. The number of phenols is 1. The van der Waals surface area contributed by atoms with Crippen LogP contribution in [0.1, 0.15) is 5.56 Å². The van der Waals surface area contributed by atoms with E-state index >= 15 is 0 Å². The lowest BCUT2D eigenvalue weighted by atomic mass is 10.1. The molecule has 0 fully saturated rings. The monoisotopic (exact) mass is 256 g/mol. The number of H-pyrrole nitrogens is 1. The summed E-state index contributed by atoms with van der Waals surface area (Å²) in [7, 11) is 0. The van der Waals surface area contributed by atoms with Crippen molar-refractivity contribution in [3.63, 3.8) is 0 Å². The van der Waals surface area contributed by atoms with Crippen LogP contribution in [0.15, 0.2) is 24.4 Å². The minimum Gasteiger partial charge on any atom is -0.508 e. The van der Waals surface area contributed by atoms with Crippen molar-refractivity contribution < 1.29 is 15.0 Å². The van der Waals surface area contributed by atoms with Gasteiger partial charge in [-0.3, -0.25) is 4.79 Å². The second-order valence-electron chi connectivity index (χ2n) is 3.69. The summed E-state index contributed by atoms with van der Waals surface area (Å²) in [4.78, 5) is 13.6. The zero-order valence-electron chi connectivity index (χ0n) is 8.88. The van der Waals surface area contributed by atoms with Crippen LogP contribution in [-0.4, -0.2) is 27.2 Å². The van der Waals surface area contributed by atoms with Crippen molar-refractivity contribution in [2.45, 2.75) is 12.5 Å². The van der Waals surface area contributed by atoms with E-state index in [0.29, 0.717) is 0 Å². The number of hydrogen-bond acceptors (Lipinski definition) is 3. The van der Waals surface area contributed by atoms with Gasteiger partial charge in [0.25, 0.3) is 0 Å². The number of nitrogens with one attached hydrogen (secondary N) is 1. The molecule has 0 aliphatic rings. The fraction of sp³-hybridized carbons (Fsp3) is 0.182. The van der Waals surface area contributed by atoms with Crippen molar-refractivity contribution >= 4 is 29.3 Å². The number of carbonyl (C=O) groups is 1. The lowest BCUT2D eigenvalue weighted by molar-refractivity contribution is -0.138. The molecule has 0 saturated carbocycles. The third kappa shape index (κ3) is 2.69. The Morgan fingerprint density at radius 3 is 2.82 bits per heavy atom. The summed E-state index contributed by atoms with van der Waals surface area (Å²) in [5.74, 6) is -0.850. The molecule has 1 aromatic heterocycles. The van der Waals surface area contributed by atoms with Gasteiger partial charge in [0.2, 0.25) is 0 Å². The molecule has 0 amide bonds. The highest BCUT2D eigenvalue weighted by Crippen LogP contribution is 2.23. The molecule has 5 nitrogen and oxygen atoms in total. The highest BCUT2D eigenvalue weighted by molar-refractivity contribution is 5.85. The Balaban J connectivity index is 0.00000144. The van der Waals surface area contributed by atoms with E-state index in [2.05, 4.69) is 4.98 Å². The van der Waals surface area contributed by atoms with E-state index in [1.54, 1.807) is 24.4 Å². The van der Waals surface area contributed by atoms with Gasteiger partial charge in [-0.25, -0.2) is 0 Å². The molecule has 2 aromatic rings. The number of aromatic hydroxyl groups is 1. The summed E-state index contributed by atoms with van der Waals surface area (Å²) in [6, 6.07) is 3.98. The number of halogens is 1. The minimum absolute atomic E-state index is 0. The summed E-state index contributed by atoms with van der Waals surface area (Å²) in [5, 5.41) is 18.9. The molecule has 2 rings (SSSR count). The number of carboxylic acid groups (broad SMARTS) is 1. The lowest BCUT2D eigenvalue weighted by Gasteiger charge is -2.04. The number of nitrogens with two attached hydrogens (primary N) is 1. The van der Waals surface area contributed by atoms with Gasteiger partial charge in [0.05, 0.1) is 0 Å². The maximum Gasteiger partial charge on any atom is 0.320 e. The first-order valence-electron chi connectivity index (χ1n) is 4.85. The van der Waals surface area contributed by atoms with Crippen molar-refractivity contribution in [3.05, 3.63) is 30.0 Å². The van der Waals surface area contributed by atoms with Gasteiger partial charge in [0, 0.05) is 29.6 Å². The van der Waals surface area contributed by atoms with E-state index in [-0.39, 0.29) is 24.6 Å². The van der Waals surface area contributed by atoms with Crippen molar-refractivity contribution in [3.8, 4) is 5.75 Å². The topological polar surface area (TPSA) is 99.3 Å². The SMILES string of the molecule is Cl.N[C@@H](Cc1c[nH]c2cc(O)ccc12)C(=O)O. The maximum atomic E-state index is 10.6. The van der Waals surface area contributed by atoms with Crippen LogP contribution in [0.3, 0.4) is 0 Å². The van der Waals surface area contributed by atoms with Gasteiger partial charge in [-0.2, -0.15) is 0 Å². The largest absolute Gasteiger partial charge is 0.508 e. The number of phenolic OH excluding ortho intramolecular Hbond substituents is 1. The van der Waals surface area contributed by atoms with E-state index in [0.717, 1.165) is 16.5 Å². The Morgan fingerprint density at radius 1 is 1.47 bits per heavy atom. The molecule has 6 heteroatoms. The normalized spacial score (nSPS) is 12.1. The Hall–Kier alpha value is -1.72. The first-order chi connectivity index (χ1) is 7.58. The van der Waals surface area contributed by atoms with Crippen molar-refractivity contribution in [2.24, 2.45) is 5.73 Å². The Morgan fingerprint density at radius 2 is 2.18 bits per heavy atom. The molecule has 1 aromatic carbocycles. The average molecular weight is 257 g/mol. The summed E-state index contributed by atoms with van der Waals surface area (Å²) in [6.45, 7) is 0. The molecule has 5 N–H and O–H groups in total. The van der Waals surface area contributed by atoms with Crippen LogP contribution in [0.25, 0.3) is 10.9 Å². The number of aromatic nitrogens is 1. The highest BCUT2D eigenvalue weighted by Gasteiger charge is 2.14. The maximum absolute atomic E-state index is 10.6.